The first-order valence-corrected chi connectivity index (χ1v) is 5.07. The summed E-state index contributed by atoms with van der Waals surface area (Å²) in [7, 11) is 0. The van der Waals surface area contributed by atoms with Gasteiger partial charge in [0.15, 0.2) is 0 Å². The zero-order chi connectivity index (χ0) is 10.8. The van der Waals surface area contributed by atoms with Crippen LogP contribution in [-0.4, -0.2) is 48.3 Å². The molecule has 2 unspecified atom stereocenters. The van der Waals surface area contributed by atoms with Gasteiger partial charge in [0.1, 0.15) is 18.2 Å². The summed E-state index contributed by atoms with van der Waals surface area (Å²) in [6, 6.07) is -0.772. The van der Waals surface area contributed by atoms with Crippen LogP contribution in [0, 0.1) is 0 Å². The Morgan fingerprint density at radius 2 is 2.00 bits per heavy atom. The number of carboxylic acids is 1. The second-order valence-corrected chi connectivity index (χ2v) is 3.89. The molecule has 0 spiro atoms. The normalized spacial score (nSPS) is 34.5. The van der Waals surface area contributed by atoms with Crippen molar-refractivity contribution in [2.75, 3.05) is 13.1 Å². The van der Waals surface area contributed by atoms with Gasteiger partial charge in [-0.15, -0.1) is 0 Å². The van der Waals surface area contributed by atoms with E-state index >= 15 is 0 Å². The van der Waals surface area contributed by atoms with Crippen LogP contribution >= 0.6 is 0 Å². The molecule has 2 aliphatic rings. The third-order valence-electron chi connectivity index (χ3n) is 2.78. The molecule has 0 aromatic carbocycles. The first-order valence-electron chi connectivity index (χ1n) is 5.07. The summed E-state index contributed by atoms with van der Waals surface area (Å²) in [5.74, 6) is -1.16. The van der Waals surface area contributed by atoms with Crippen molar-refractivity contribution in [3.05, 3.63) is 0 Å². The lowest BCUT2D eigenvalue weighted by Gasteiger charge is -2.26. The molecule has 84 valence electrons. The Morgan fingerprint density at radius 1 is 1.27 bits per heavy atom. The zero-order valence-corrected chi connectivity index (χ0v) is 8.23. The lowest BCUT2D eigenvalue weighted by atomic mass is 10.1. The van der Waals surface area contributed by atoms with Crippen molar-refractivity contribution in [2.24, 2.45) is 0 Å². The van der Waals surface area contributed by atoms with E-state index in [9.17, 15) is 9.59 Å². The number of carbonyl (C=O) groups excluding carboxylic acids is 1. The number of nitrogens with one attached hydrogen (secondary N) is 2. The predicted octanol–water partition coefficient (Wildman–Crippen LogP) is -1.29. The second kappa shape index (κ2) is 4.16. The van der Waals surface area contributed by atoms with Crippen molar-refractivity contribution in [3.8, 4) is 0 Å². The van der Waals surface area contributed by atoms with Gasteiger partial charge in [0.05, 0.1) is 0 Å². The smallest absolute Gasteiger partial charge is 0.323 e. The maximum atomic E-state index is 11.4. The molecule has 0 aliphatic carbocycles. The predicted molar refractivity (Wildman–Crippen MR) is 50.3 cm³/mol. The van der Waals surface area contributed by atoms with Gasteiger partial charge in [-0.1, -0.05) is 0 Å². The summed E-state index contributed by atoms with van der Waals surface area (Å²) in [6.07, 6.45) is 0.857. The average Bonchev–Trinajstić information content (AvgIpc) is 2.48. The van der Waals surface area contributed by atoms with Gasteiger partial charge in [0.25, 0.3) is 0 Å². The molecule has 2 aliphatic heterocycles. The number of hydrogen-bond acceptors (Lipinski definition) is 5. The van der Waals surface area contributed by atoms with Crippen LogP contribution in [0.1, 0.15) is 12.8 Å². The highest BCUT2D eigenvalue weighted by Crippen LogP contribution is 2.13. The maximum Gasteiger partial charge on any atom is 0.323 e. The third-order valence-corrected chi connectivity index (χ3v) is 2.78. The lowest BCUT2D eigenvalue weighted by Crippen LogP contribution is -2.50. The number of esters is 1. The molecular weight excluding hydrogens is 200 g/mol. The standard InChI is InChI=1S/C9H14N2O4/c12-8(13)7-3-5(4-11-7)15-9(14)6-1-2-10-6/h5-7,10-11H,1-4H2,(H,12,13)/t5?,6?,7-/m0/s1. The highest BCUT2D eigenvalue weighted by molar-refractivity contribution is 5.77. The molecule has 0 aromatic rings. The van der Waals surface area contributed by atoms with Crippen molar-refractivity contribution in [1.82, 2.24) is 10.6 Å². The van der Waals surface area contributed by atoms with Crippen LogP contribution in [0.3, 0.4) is 0 Å². The van der Waals surface area contributed by atoms with E-state index in [1.165, 1.54) is 0 Å². The van der Waals surface area contributed by atoms with Gasteiger partial charge < -0.3 is 20.5 Å². The van der Waals surface area contributed by atoms with Crippen LogP contribution in [0.5, 0.6) is 0 Å². The Balaban J connectivity index is 1.76. The SMILES string of the molecule is O=C(OC1CN[C@H](C(=O)O)C1)C1CCN1. The minimum atomic E-state index is -0.893. The summed E-state index contributed by atoms with van der Waals surface area (Å²) in [5, 5.41) is 14.4. The number of ether oxygens (including phenoxy) is 1. The van der Waals surface area contributed by atoms with Crippen LogP contribution in [0.15, 0.2) is 0 Å². The second-order valence-electron chi connectivity index (χ2n) is 3.89. The van der Waals surface area contributed by atoms with E-state index in [1.54, 1.807) is 0 Å². The van der Waals surface area contributed by atoms with Gasteiger partial charge in [-0.2, -0.15) is 0 Å². The van der Waals surface area contributed by atoms with E-state index in [-0.39, 0.29) is 18.1 Å². The van der Waals surface area contributed by atoms with Crippen LogP contribution in [-0.2, 0) is 14.3 Å². The topological polar surface area (TPSA) is 87.7 Å². The van der Waals surface area contributed by atoms with E-state index in [2.05, 4.69) is 10.6 Å². The monoisotopic (exact) mass is 214 g/mol. The summed E-state index contributed by atoms with van der Waals surface area (Å²) < 4.78 is 5.17. The van der Waals surface area contributed by atoms with Crippen LogP contribution in [0.25, 0.3) is 0 Å². The molecule has 3 atom stereocenters. The fourth-order valence-corrected chi connectivity index (χ4v) is 1.72. The van der Waals surface area contributed by atoms with Crippen LogP contribution in [0.4, 0.5) is 0 Å². The Kier molecular flexibility index (Phi) is 2.88. The molecule has 0 saturated carbocycles. The molecule has 0 aromatic heterocycles. The van der Waals surface area contributed by atoms with Gasteiger partial charge >= 0.3 is 11.9 Å². The Morgan fingerprint density at radius 3 is 2.47 bits per heavy atom. The summed E-state index contributed by atoms with van der Waals surface area (Å²) >= 11 is 0. The summed E-state index contributed by atoms with van der Waals surface area (Å²) in [4.78, 5) is 22.0. The van der Waals surface area contributed by atoms with Crippen molar-refractivity contribution < 1.29 is 19.4 Å². The van der Waals surface area contributed by atoms with E-state index in [1.807, 2.05) is 0 Å². The lowest BCUT2D eigenvalue weighted by molar-refractivity contribution is -0.153. The highest BCUT2D eigenvalue weighted by atomic mass is 16.5. The molecule has 0 amide bonds. The van der Waals surface area contributed by atoms with Crippen molar-refractivity contribution in [3.63, 3.8) is 0 Å². The summed E-state index contributed by atoms with van der Waals surface area (Å²) in [5.41, 5.74) is 0. The van der Waals surface area contributed by atoms with Gasteiger partial charge in [-0.3, -0.25) is 9.59 Å². The molecule has 0 radical (unpaired) electrons. The molecule has 2 fully saturated rings. The van der Waals surface area contributed by atoms with E-state index in [4.69, 9.17) is 9.84 Å². The number of rotatable bonds is 3. The summed E-state index contributed by atoms with van der Waals surface area (Å²) in [6.45, 7) is 1.27. The van der Waals surface area contributed by atoms with Crippen molar-refractivity contribution in [1.29, 1.82) is 0 Å². The molecule has 2 heterocycles. The number of carboxylic acid groups (broad SMARTS) is 1. The van der Waals surface area contributed by atoms with Gasteiger partial charge in [-0.05, 0) is 13.0 Å². The molecule has 6 heteroatoms. The van der Waals surface area contributed by atoms with E-state index in [0.29, 0.717) is 13.0 Å². The Labute approximate surface area is 87.0 Å². The van der Waals surface area contributed by atoms with E-state index < -0.39 is 12.0 Å². The Bertz CT molecular complexity index is 277. The zero-order valence-electron chi connectivity index (χ0n) is 8.23. The van der Waals surface area contributed by atoms with E-state index in [0.717, 1.165) is 13.0 Å². The van der Waals surface area contributed by atoms with Crippen LogP contribution in [0.2, 0.25) is 0 Å². The molecule has 0 bridgehead atoms. The van der Waals surface area contributed by atoms with Gasteiger partial charge in [-0.25, -0.2) is 0 Å². The minimum absolute atomic E-state index is 0.186. The highest BCUT2D eigenvalue weighted by Gasteiger charge is 2.34. The molecule has 3 N–H and O–H groups in total. The third kappa shape index (κ3) is 2.27. The first-order chi connectivity index (χ1) is 7.16. The minimum Gasteiger partial charge on any atom is -0.480 e. The van der Waals surface area contributed by atoms with Crippen LogP contribution < -0.4 is 10.6 Å². The molecule has 6 nitrogen and oxygen atoms in total. The Hall–Kier alpha value is -1.14. The largest absolute Gasteiger partial charge is 0.480 e. The van der Waals surface area contributed by atoms with Gasteiger partial charge in [0, 0.05) is 13.0 Å². The van der Waals surface area contributed by atoms with Crippen molar-refractivity contribution >= 4 is 11.9 Å². The maximum absolute atomic E-state index is 11.4. The molecule has 15 heavy (non-hydrogen) atoms. The number of hydrogen-bond donors (Lipinski definition) is 3. The van der Waals surface area contributed by atoms with Gasteiger partial charge in [0.2, 0.25) is 0 Å². The quantitative estimate of drug-likeness (QED) is 0.506. The molecule has 2 saturated heterocycles. The molecular formula is C9H14N2O4. The fourth-order valence-electron chi connectivity index (χ4n) is 1.72. The average molecular weight is 214 g/mol. The fraction of sp³-hybridized carbons (Fsp3) is 0.778. The van der Waals surface area contributed by atoms with Crippen molar-refractivity contribution in [2.45, 2.75) is 31.0 Å². The molecule has 2 rings (SSSR count). The number of carbonyl (C=O) groups is 2. The first kappa shape index (κ1) is 10.4. The number of aliphatic carboxylic acids is 1.